The van der Waals surface area contributed by atoms with Crippen LogP contribution in [0.5, 0.6) is 0 Å². The maximum Gasteiger partial charge on any atom is 0 e. The van der Waals surface area contributed by atoms with Gasteiger partial charge in [-0.25, -0.2) is 0 Å². The average Bonchev–Trinajstić information content (AvgIpc) is 3.42. The van der Waals surface area contributed by atoms with Crippen LogP contribution in [0.3, 0.4) is 0 Å². The molecule has 0 aliphatic heterocycles. The molecule has 0 heterocycles. The third kappa shape index (κ3) is 57.7. The minimum absolute atomic E-state index is 2.37. The van der Waals surface area contributed by atoms with E-state index >= 15 is 0 Å². The van der Waals surface area contributed by atoms with Crippen molar-refractivity contribution in [3.63, 3.8) is 0 Å². The van der Waals surface area contributed by atoms with E-state index in [2.05, 4.69) is 432 Å². The Morgan fingerprint density at radius 2 is 0.107 bits per heavy atom. The number of rotatable bonds is 0. The molecule has 75 heavy (non-hydrogen) atoms. The molecule has 0 aromatic heterocycles. The highest BCUT2D eigenvalue weighted by atomic mass is 13.5. The lowest BCUT2D eigenvalue weighted by Gasteiger charge is -1.41. The lowest BCUT2D eigenvalue weighted by atomic mass is 10.6. The molecular formula is C75H4. The zero-order chi connectivity index (χ0) is 53.6. The molecule has 0 spiro atoms. The van der Waals surface area contributed by atoms with E-state index in [1.807, 2.05) is 0 Å². The Hall–Kier alpha value is -16.3. The molecule has 0 aliphatic rings. The third-order valence-corrected chi connectivity index (χ3v) is 4.55. The minimum Gasteiger partial charge on any atom is -0.0687 e. The van der Waals surface area contributed by atoms with Gasteiger partial charge in [-0.05, 0) is 105 Å². The first-order valence-corrected chi connectivity index (χ1v) is 18.7. The molecule has 0 fully saturated rings. The maximum atomic E-state index is 3.32. The van der Waals surface area contributed by atoms with Gasteiger partial charge in [0.25, 0.3) is 0 Å². The van der Waals surface area contributed by atoms with Crippen LogP contribution in [-0.2, 0) is 0 Å². The number of hydrogen-bond acceptors (Lipinski definition) is 0. The molecule has 0 unspecified atom stereocenters. The van der Waals surface area contributed by atoms with Gasteiger partial charge in [0.15, 0.2) is 0 Å². The second-order valence-corrected chi connectivity index (χ2v) is 9.23. The first-order chi connectivity index (χ1) is 37.4. The van der Waals surface area contributed by atoms with Gasteiger partial charge < -0.3 is 0 Å². The topological polar surface area (TPSA) is 0 Å². The molecule has 0 saturated carbocycles. The summed E-state index contributed by atoms with van der Waals surface area (Å²) in [5.41, 5.74) is 182. The normalized spacial score (nSPS) is 3.95. The molecule has 0 nitrogen and oxygen atoms in total. The molecular weight excluding hydrogens is 901 g/mol. The first-order valence-electron chi connectivity index (χ1n) is 18.7. The zero-order valence-corrected chi connectivity index (χ0v) is 37.9. The van der Waals surface area contributed by atoms with E-state index in [1.165, 1.54) is 0 Å². The van der Waals surface area contributed by atoms with Crippen LogP contribution in [0.4, 0.5) is 0 Å². The van der Waals surface area contributed by atoms with Crippen molar-refractivity contribution in [2.24, 2.45) is 0 Å². The fraction of sp³-hybridized carbons (Fsp3) is 0. The van der Waals surface area contributed by atoms with Crippen molar-refractivity contribution in [3.05, 3.63) is 432 Å². The Morgan fingerprint density at radius 3 is 0.147 bits per heavy atom. The maximum absolute atomic E-state index is 3.32. The van der Waals surface area contributed by atoms with Gasteiger partial charge in [-0.3, -0.25) is 0 Å². The van der Waals surface area contributed by atoms with Crippen LogP contribution >= 0.6 is 0 Å². The highest BCUT2D eigenvalue weighted by molar-refractivity contribution is 4.99. The molecule has 0 amide bonds. The molecule has 0 radical (unpaired) electrons. The Balaban J connectivity index is 6.15. The fourth-order valence-corrected chi connectivity index (χ4v) is 2.24. The molecule has 0 aliphatic carbocycles. The van der Waals surface area contributed by atoms with Gasteiger partial charge in [-0.1, -0.05) is 11.5 Å². The summed E-state index contributed by atoms with van der Waals surface area (Å²) in [6, 6.07) is 0. The fourth-order valence-electron chi connectivity index (χ4n) is 2.24. The van der Waals surface area contributed by atoms with Gasteiger partial charge in [0.2, 0.25) is 0 Å². The predicted molar refractivity (Wildman–Crippen MR) is 268 cm³/mol. The molecule has 0 heteroatoms. The van der Waals surface area contributed by atoms with Gasteiger partial charge in [0.05, 0.1) is 0 Å². The van der Waals surface area contributed by atoms with Crippen molar-refractivity contribution in [2.45, 2.75) is 0 Å². The first kappa shape index (κ1) is 58.7. The van der Waals surface area contributed by atoms with Gasteiger partial charge in [-0.15, -0.1) is 0 Å². The van der Waals surface area contributed by atoms with Crippen LogP contribution in [0.15, 0.2) is 432 Å². The Labute approximate surface area is 429 Å². The van der Waals surface area contributed by atoms with Crippen LogP contribution in [0.2, 0.25) is 0 Å². The second-order valence-electron chi connectivity index (χ2n) is 9.23. The zero-order valence-electron chi connectivity index (χ0n) is 37.9. The summed E-state index contributed by atoms with van der Waals surface area (Å²) in [5, 5.41) is 0. The average molecular weight is 905 g/mol. The van der Waals surface area contributed by atoms with Gasteiger partial charge >= 0.3 is 0 Å². The SMILES string of the molecule is C=C=C=C=C=C=C=C=C=C=C=C=C=C=C=C=C=C=C=C=C=C=C=C=C=C=C=C=C=C=C=C=C=C=C=C=C=C=C=C=C=C=C=C=C=C=C=C=C=C=C=C=C=C=C=C=C=C=C=C=C=C=C=C=C=C=C=C=C=C=C=C=C=C=C. The second kappa shape index (κ2) is 57.7. The predicted octanol–water partition coefficient (Wildman–Crippen LogP) is 12.1. The summed E-state index contributed by atoms with van der Waals surface area (Å²) in [6.07, 6.45) is 0. The van der Waals surface area contributed by atoms with Crippen molar-refractivity contribution in [1.29, 1.82) is 0 Å². The lowest BCUT2D eigenvalue weighted by molar-refractivity contribution is 2.10. The summed E-state index contributed by atoms with van der Waals surface area (Å²) in [4.78, 5) is 0. The van der Waals surface area contributed by atoms with E-state index < -0.39 is 0 Å². The van der Waals surface area contributed by atoms with Crippen LogP contribution in [0.25, 0.3) is 0 Å². The lowest BCUT2D eigenvalue weighted by Crippen LogP contribution is -1.26. The van der Waals surface area contributed by atoms with Crippen molar-refractivity contribution in [1.82, 2.24) is 0 Å². The van der Waals surface area contributed by atoms with Gasteiger partial charge in [-0.2, -0.15) is 0 Å². The van der Waals surface area contributed by atoms with E-state index in [1.54, 1.807) is 0 Å². The molecule has 0 atom stereocenters. The van der Waals surface area contributed by atoms with Crippen molar-refractivity contribution < 1.29 is 0 Å². The summed E-state index contributed by atoms with van der Waals surface area (Å²) in [6.45, 7) is 6.63. The quantitative estimate of drug-likeness (QED) is 0.213. The van der Waals surface area contributed by atoms with Gasteiger partial charge in [0, 0.05) is 315 Å². The van der Waals surface area contributed by atoms with Crippen LogP contribution in [0, 0.1) is 0 Å². The van der Waals surface area contributed by atoms with Gasteiger partial charge in [0.1, 0.15) is 0 Å². The van der Waals surface area contributed by atoms with E-state index in [0.717, 1.165) is 0 Å². The molecule has 0 N–H and O–H groups in total. The molecule has 0 rings (SSSR count). The summed E-state index contributed by atoms with van der Waals surface area (Å²) in [7, 11) is 0. The monoisotopic (exact) mass is 904 g/mol. The van der Waals surface area contributed by atoms with E-state index in [4.69, 9.17) is 0 Å². The smallest absolute Gasteiger partial charge is 0 e. The highest BCUT2D eigenvalue weighted by Gasteiger charge is 1.48. The van der Waals surface area contributed by atoms with Crippen LogP contribution in [-0.4, -0.2) is 0 Å². The van der Waals surface area contributed by atoms with Crippen LogP contribution in [0.1, 0.15) is 0 Å². The summed E-state index contributed by atoms with van der Waals surface area (Å²) in [5.74, 6) is 0. The molecule has 0 bridgehead atoms. The third-order valence-electron chi connectivity index (χ3n) is 4.55. The highest BCUT2D eigenvalue weighted by Crippen LogP contribution is 1.64. The summed E-state index contributed by atoms with van der Waals surface area (Å²) < 4.78 is 0. The van der Waals surface area contributed by atoms with Crippen LogP contribution < -0.4 is 0 Å². The Kier molecular flexibility index (Phi) is 45.1. The minimum atomic E-state index is 2.37. The van der Waals surface area contributed by atoms with E-state index in [9.17, 15) is 0 Å². The molecule has 304 valence electrons. The van der Waals surface area contributed by atoms with Crippen molar-refractivity contribution >= 4 is 0 Å². The van der Waals surface area contributed by atoms with Crippen molar-refractivity contribution in [2.75, 3.05) is 0 Å². The summed E-state index contributed by atoms with van der Waals surface area (Å²) >= 11 is 0. The molecule has 0 aromatic carbocycles. The van der Waals surface area contributed by atoms with E-state index in [0.29, 0.717) is 0 Å². The Morgan fingerprint density at radius 1 is 0.0667 bits per heavy atom. The molecule has 0 saturated heterocycles. The van der Waals surface area contributed by atoms with Crippen molar-refractivity contribution in [3.8, 4) is 0 Å². The molecule has 0 aromatic rings. The van der Waals surface area contributed by atoms with E-state index in [-0.39, 0.29) is 0 Å². The standard InChI is InChI=1S/C75H4/c1-3-5-7-9-11-13-15-17-19-21-23-25-27-29-31-33-35-37-39-41-43-45-47-49-51-53-55-57-59-61-63-65-67-69-71-73-75-74-72-70-68-66-64-62-60-58-56-54-52-50-48-46-44-42-40-38-36-34-32-30-28-26-24-22-20-18-16-14-12-10-8-6-4-2/h1-2H2. The Bertz CT molecular complexity index is 5290. The number of hydrogen-bond donors (Lipinski definition) is 0. The largest absolute Gasteiger partial charge is 0.0687 e.